The van der Waals surface area contributed by atoms with Crippen molar-refractivity contribution in [3.63, 3.8) is 0 Å². The Morgan fingerprint density at radius 3 is 2.68 bits per heavy atom. The largest absolute Gasteiger partial charge is 0.341 e. The van der Waals surface area contributed by atoms with E-state index < -0.39 is 18.0 Å². The van der Waals surface area contributed by atoms with Crippen LogP contribution in [0.4, 0.5) is 9.59 Å². The predicted molar refractivity (Wildman–Crippen MR) is 74.8 cm³/mol. The van der Waals surface area contributed by atoms with Gasteiger partial charge in [0.25, 0.3) is 5.91 Å². The van der Waals surface area contributed by atoms with E-state index in [4.69, 9.17) is 0 Å². The lowest BCUT2D eigenvalue weighted by Crippen LogP contribution is -2.51. The van der Waals surface area contributed by atoms with Gasteiger partial charge in [-0.3, -0.25) is 14.9 Å². The average Bonchev–Trinajstić information content (AvgIpc) is 3.05. The van der Waals surface area contributed by atoms with E-state index in [2.05, 4.69) is 16.0 Å². The van der Waals surface area contributed by atoms with Gasteiger partial charge in [-0.05, 0) is 12.8 Å². The maximum Gasteiger partial charge on any atom is 0.322 e. The molecule has 0 aromatic carbocycles. The summed E-state index contributed by atoms with van der Waals surface area (Å²) in [5, 5.41) is 7.30. The van der Waals surface area contributed by atoms with Crippen molar-refractivity contribution in [3.8, 4) is 0 Å². The molecular formula is C13H19N5O4. The molecule has 22 heavy (non-hydrogen) atoms. The van der Waals surface area contributed by atoms with E-state index in [1.807, 2.05) is 0 Å². The van der Waals surface area contributed by atoms with E-state index in [1.54, 1.807) is 9.80 Å². The normalized spacial score (nSPS) is 28.5. The van der Waals surface area contributed by atoms with Gasteiger partial charge in [-0.25, -0.2) is 9.59 Å². The minimum absolute atomic E-state index is 0.0206. The molecule has 3 N–H and O–H groups in total. The molecule has 0 aromatic heterocycles. The number of urea groups is 2. The fourth-order valence-corrected chi connectivity index (χ4v) is 3.18. The molecular weight excluding hydrogens is 290 g/mol. The number of hydrogen-bond acceptors (Lipinski definition) is 4. The minimum Gasteiger partial charge on any atom is -0.341 e. The topological polar surface area (TPSA) is 111 Å². The number of rotatable bonds is 3. The van der Waals surface area contributed by atoms with Crippen molar-refractivity contribution in [2.45, 2.75) is 31.3 Å². The third-order valence-electron chi connectivity index (χ3n) is 4.32. The summed E-state index contributed by atoms with van der Waals surface area (Å²) in [6, 6.07) is -1.42. The summed E-state index contributed by atoms with van der Waals surface area (Å²) in [4.78, 5) is 50.0. The van der Waals surface area contributed by atoms with Gasteiger partial charge in [-0.1, -0.05) is 0 Å². The number of nitrogens with one attached hydrogen (secondary N) is 3. The minimum atomic E-state index is -0.796. The van der Waals surface area contributed by atoms with Crippen LogP contribution in [0.15, 0.2) is 0 Å². The van der Waals surface area contributed by atoms with Gasteiger partial charge in [0.1, 0.15) is 6.04 Å². The molecule has 0 radical (unpaired) electrons. The number of carbonyl (C=O) groups is 4. The van der Waals surface area contributed by atoms with Crippen molar-refractivity contribution in [1.29, 1.82) is 0 Å². The van der Waals surface area contributed by atoms with Gasteiger partial charge in [0.05, 0.1) is 12.5 Å². The molecule has 3 aliphatic rings. The van der Waals surface area contributed by atoms with Gasteiger partial charge in [0.15, 0.2) is 0 Å². The third-order valence-corrected chi connectivity index (χ3v) is 4.32. The van der Waals surface area contributed by atoms with Crippen LogP contribution in [0, 0.1) is 0 Å². The standard InChI is InChI=1S/C13H19N5O4/c19-10(6-9-11(20)16-12(21)15-9)17-4-1-2-8(7-17)18-5-3-14-13(18)22/h8-9H,1-7H2,(H,14,22)(H2,15,16,20,21). The van der Waals surface area contributed by atoms with Crippen LogP contribution in [-0.2, 0) is 9.59 Å². The first-order valence-corrected chi connectivity index (χ1v) is 7.48. The summed E-state index contributed by atoms with van der Waals surface area (Å²) >= 11 is 0. The molecule has 2 atom stereocenters. The van der Waals surface area contributed by atoms with Gasteiger partial charge in [0.2, 0.25) is 5.91 Å². The summed E-state index contributed by atoms with van der Waals surface area (Å²) in [6.45, 7) is 2.39. The van der Waals surface area contributed by atoms with Crippen LogP contribution in [0.5, 0.6) is 0 Å². The Morgan fingerprint density at radius 2 is 2.05 bits per heavy atom. The SMILES string of the molecule is O=C1NC(=O)C(CC(=O)N2CCCC(N3CCNC3=O)C2)N1. The molecule has 0 saturated carbocycles. The molecule has 0 spiro atoms. The van der Waals surface area contributed by atoms with E-state index in [1.165, 1.54) is 0 Å². The number of piperidine rings is 1. The first-order chi connectivity index (χ1) is 10.5. The third kappa shape index (κ3) is 2.83. The lowest BCUT2D eigenvalue weighted by Gasteiger charge is -2.37. The zero-order valence-corrected chi connectivity index (χ0v) is 12.1. The fourth-order valence-electron chi connectivity index (χ4n) is 3.18. The molecule has 3 heterocycles. The Morgan fingerprint density at radius 1 is 1.23 bits per heavy atom. The molecule has 3 aliphatic heterocycles. The first kappa shape index (κ1) is 14.6. The molecule has 9 nitrogen and oxygen atoms in total. The van der Waals surface area contributed by atoms with Gasteiger partial charge in [0, 0.05) is 26.2 Å². The molecule has 0 aromatic rings. The molecule has 3 saturated heterocycles. The highest BCUT2D eigenvalue weighted by Crippen LogP contribution is 2.19. The van der Waals surface area contributed by atoms with Crippen LogP contribution in [0.1, 0.15) is 19.3 Å². The Kier molecular flexibility index (Phi) is 3.86. The maximum atomic E-state index is 12.3. The highest BCUT2D eigenvalue weighted by molar-refractivity contribution is 6.05. The van der Waals surface area contributed by atoms with Gasteiger partial charge >= 0.3 is 12.1 Å². The lowest BCUT2D eigenvalue weighted by molar-refractivity contribution is -0.135. The van der Waals surface area contributed by atoms with Crippen LogP contribution in [0.2, 0.25) is 0 Å². The zero-order valence-electron chi connectivity index (χ0n) is 12.1. The highest BCUT2D eigenvalue weighted by atomic mass is 16.2. The fraction of sp³-hybridized carbons (Fsp3) is 0.692. The van der Waals surface area contributed by atoms with Crippen LogP contribution in [-0.4, -0.2) is 71.9 Å². The van der Waals surface area contributed by atoms with Crippen molar-refractivity contribution in [2.24, 2.45) is 0 Å². The highest BCUT2D eigenvalue weighted by Gasteiger charge is 2.36. The molecule has 0 aliphatic carbocycles. The zero-order chi connectivity index (χ0) is 15.7. The van der Waals surface area contributed by atoms with Crippen LogP contribution >= 0.6 is 0 Å². The van der Waals surface area contributed by atoms with E-state index in [0.29, 0.717) is 26.2 Å². The number of imide groups is 1. The van der Waals surface area contributed by atoms with Gasteiger partial charge in [-0.15, -0.1) is 0 Å². The molecule has 9 heteroatoms. The maximum absolute atomic E-state index is 12.3. The van der Waals surface area contributed by atoms with Crippen molar-refractivity contribution < 1.29 is 19.2 Å². The molecule has 3 fully saturated rings. The summed E-state index contributed by atoms with van der Waals surface area (Å²) in [5.41, 5.74) is 0. The van der Waals surface area contributed by atoms with Gasteiger partial charge < -0.3 is 20.4 Å². The summed E-state index contributed by atoms with van der Waals surface area (Å²) in [7, 11) is 0. The molecule has 2 unspecified atom stereocenters. The van der Waals surface area contributed by atoms with E-state index in [0.717, 1.165) is 12.8 Å². The molecule has 3 rings (SSSR count). The lowest BCUT2D eigenvalue weighted by atomic mass is 10.0. The number of carbonyl (C=O) groups excluding carboxylic acids is 4. The molecule has 120 valence electrons. The smallest absolute Gasteiger partial charge is 0.322 e. The monoisotopic (exact) mass is 309 g/mol. The molecule has 0 bridgehead atoms. The number of likely N-dealkylation sites (tertiary alicyclic amines) is 1. The number of hydrogen-bond donors (Lipinski definition) is 3. The molecule has 6 amide bonds. The second kappa shape index (κ2) is 5.82. The predicted octanol–water partition coefficient (Wildman–Crippen LogP) is -1.40. The van der Waals surface area contributed by atoms with Crippen molar-refractivity contribution in [2.75, 3.05) is 26.2 Å². The summed E-state index contributed by atoms with van der Waals surface area (Å²) in [5.74, 6) is -0.641. The Labute approximate surface area is 127 Å². The van der Waals surface area contributed by atoms with E-state index in [-0.39, 0.29) is 24.4 Å². The summed E-state index contributed by atoms with van der Waals surface area (Å²) < 4.78 is 0. The van der Waals surface area contributed by atoms with E-state index in [9.17, 15) is 19.2 Å². The van der Waals surface area contributed by atoms with Crippen LogP contribution < -0.4 is 16.0 Å². The first-order valence-electron chi connectivity index (χ1n) is 7.48. The average molecular weight is 309 g/mol. The van der Waals surface area contributed by atoms with Crippen LogP contribution in [0.25, 0.3) is 0 Å². The Balaban J connectivity index is 1.57. The van der Waals surface area contributed by atoms with E-state index >= 15 is 0 Å². The Bertz CT molecular complexity index is 523. The quantitative estimate of drug-likeness (QED) is 0.557. The Hall–Kier alpha value is -2.32. The summed E-state index contributed by atoms with van der Waals surface area (Å²) in [6.07, 6.45) is 1.65. The van der Waals surface area contributed by atoms with Crippen molar-refractivity contribution >= 4 is 23.9 Å². The van der Waals surface area contributed by atoms with Gasteiger partial charge in [-0.2, -0.15) is 0 Å². The van der Waals surface area contributed by atoms with Crippen molar-refractivity contribution in [3.05, 3.63) is 0 Å². The van der Waals surface area contributed by atoms with Crippen LogP contribution in [0.3, 0.4) is 0 Å². The number of nitrogens with zero attached hydrogens (tertiary/aromatic N) is 2. The van der Waals surface area contributed by atoms with Crippen molar-refractivity contribution in [1.82, 2.24) is 25.8 Å². The second-order valence-electron chi connectivity index (χ2n) is 5.78. The number of amides is 6. The second-order valence-corrected chi connectivity index (χ2v) is 5.78.